The molecule has 0 radical (unpaired) electrons. The Morgan fingerprint density at radius 2 is 2.22 bits per heavy atom. The highest BCUT2D eigenvalue weighted by Crippen LogP contribution is 2.26. The Balaban J connectivity index is 2.22. The smallest absolute Gasteiger partial charge is 0.238 e. The van der Waals surface area contributed by atoms with Crippen LogP contribution in [0.2, 0.25) is 0 Å². The van der Waals surface area contributed by atoms with Crippen molar-refractivity contribution in [3.63, 3.8) is 0 Å². The van der Waals surface area contributed by atoms with Crippen molar-refractivity contribution in [1.82, 2.24) is 15.3 Å². The summed E-state index contributed by atoms with van der Waals surface area (Å²) in [6, 6.07) is 4.47. The molecular formula is C12H11BrFN3O. The van der Waals surface area contributed by atoms with Crippen LogP contribution in [0.15, 0.2) is 35.1 Å². The largest absolute Gasteiger partial charge is 0.434 e. The molecule has 0 aliphatic carbocycles. The molecule has 0 amide bonds. The zero-order valence-corrected chi connectivity index (χ0v) is 11.2. The summed E-state index contributed by atoms with van der Waals surface area (Å²) < 4.78 is 19.6. The Kier molecular flexibility index (Phi) is 4.22. The van der Waals surface area contributed by atoms with Crippen molar-refractivity contribution in [2.24, 2.45) is 0 Å². The maximum Gasteiger partial charge on any atom is 0.238 e. The first kappa shape index (κ1) is 12.9. The fraction of sp³-hybridized carbons (Fsp3) is 0.167. The fourth-order valence-electron chi connectivity index (χ4n) is 1.37. The highest BCUT2D eigenvalue weighted by atomic mass is 79.9. The molecule has 1 heterocycles. The van der Waals surface area contributed by atoms with Gasteiger partial charge in [0.05, 0.1) is 11.9 Å². The van der Waals surface area contributed by atoms with Gasteiger partial charge in [-0.3, -0.25) is 4.98 Å². The molecular weight excluding hydrogens is 301 g/mol. The van der Waals surface area contributed by atoms with E-state index in [9.17, 15) is 4.39 Å². The molecule has 0 aliphatic rings. The van der Waals surface area contributed by atoms with Gasteiger partial charge < -0.3 is 10.1 Å². The fourth-order valence-corrected chi connectivity index (χ4v) is 1.71. The number of aromatic nitrogens is 2. The summed E-state index contributed by atoms with van der Waals surface area (Å²) >= 11 is 3.26. The van der Waals surface area contributed by atoms with Crippen molar-refractivity contribution < 1.29 is 9.13 Å². The van der Waals surface area contributed by atoms with Crippen LogP contribution in [-0.4, -0.2) is 17.0 Å². The van der Waals surface area contributed by atoms with Gasteiger partial charge in [-0.1, -0.05) is 15.9 Å². The van der Waals surface area contributed by atoms with Crippen molar-refractivity contribution >= 4 is 15.9 Å². The van der Waals surface area contributed by atoms with E-state index in [1.165, 1.54) is 12.3 Å². The third kappa shape index (κ3) is 3.24. The van der Waals surface area contributed by atoms with Crippen LogP contribution in [0.1, 0.15) is 5.69 Å². The zero-order chi connectivity index (χ0) is 13.0. The summed E-state index contributed by atoms with van der Waals surface area (Å²) in [5.41, 5.74) is 0.727. The van der Waals surface area contributed by atoms with Crippen LogP contribution < -0.4 is 10.1 Å². The number of hydrogen-bond acceptors (Lipinski definition) is 4. The predicted molar refractivity (Wildman–Crippen MR) is 69.0 cm³/mol. The first-order valence-electron chi connectivity index (χ1n) is 5.27. The highest BCUT2D eigenvalue weighted by Gasteiger charge is 2.07. The molecule has 0 spiro atoms. The molecule has 0 bridgehead atoms. The third-order valence-corrected chi connectivity index (χ3v) is 2.62. The van der Waals surface area contributed by atoms with E-state index in [1.807, 2.05) is 7.05 Å². The van der Waals surface area contributed by atoms with Crippen molar-refractivity contribution in [3.8, 4) is 11.6 Å². The Hall–Kier alpha value is -1.53. The SMILES string of the molecule is CNCc1cncc(Oc2cc(Br)ccc2F)n1. The van der Waals surface area contributed by atoms with E-state index in [0.29, 0.717) is 6.54 Å². The van der Waals surface area contributed by atoms with Crippen molar-refractivity contribution in [2.75, 3.05) is 7.05 Å². The number of rotatable bonds is 4. The van der Waals surface area contributed by atoms with E-state index >= 15 is 0 Å². The van der Waals surface area contributed by atoms with Crippen LogP contribution >= 0.6 is 15.9 Å². The summed E-state index contributed by atoms with van der Waals surface area (Å²) in [5.74, 6) is -0.0703. The van der Waals surface area contributed by atoms with Crippen LogP contribution in [0, 0.1) is 5.82 Å². The van der Waals surface area contributed by atoms with Crippen molar-refractivity contribution in [2.45, 2.75) is 6.54 Å². The normalized spacial score (nSPS) is 10.4. The molecule has 2 aromatic rings. The summed E-state index contributed by atoms with van der Waals surface area (Å²) in [4.78, 5) is 8.19. The van der Waals surface area contributed by atoms with Gasteiger partial charge in [0.2, 0.25) is 5.88 Å². The molecule has 1 aromatic carbocycles. The van der Waals surface area contributed by atoms with Crippen molar-refractivity contribution in [3.05, 3.63) is 46.6 Å². The molecule has 0 aliphatic heterocycles. The van der Waals surface area contributed by atoms with Gasteiger partial charge in [0.15, 0.2) is 11.6 Å². The van der Waals surface area contributed by atoms with E-state index in [0.717, 1.165) is 10.2 Å². The zero-order valence-electron chi connectivity index (χ0n) is 9.65. The maximum atomic E-state index is 13.5. The molecule has 94 valence electrons. The van der Waals surface area contributed by atoms with Crippen LogP contribution in [-0.2, 0) is 6.54 Å². The first-order valence-corrected chi connectivity index (χ1v) is 6.07. The number of benzene rings is 1. The van der Waals surface area contributed by atoms with E-state index in [4.69, 9.17) is 4.74 Å². The lowest BCUT2D eigenvalue weighted by atomic mass is 10.3. The van der Waals surface area contributed by atoms with Gasteiger partial charge in [-0.25, -0.2) is 9.37 Å². The van der Waals surface area contributed by atoms with Gasteiger partial charge in [-0.05, 0) is 25.2 Å². The van der Waals surface area contributed by atoms with Gasteiger partial charge in [0.25, 0.3) is 0 Å². The van der Waals surface area contributed by atoms with Crippen molar-refractivity contribution in [1.29, 1.82) is 0 Å². The predicted octanol–water partition coefficient (Wildman–Crippen LogP) is 2.89. The summed E-state index contributed by atoms with van der Waals surface area (Å²) in [6.07, 6.45) is 3.07. The summed E-state index contributed by atoms with van der Waals surface area (Å²) in [5, 5.41) is 2.96. The van der Waals surface area contributed by atoms with Gasteiger partial charge >= 0.3 is 0 Å². The third-order valence-electron chi connectivity index (χ3n) is 2.13. The van der Waals surface area contributed by atoms with Crippen LogP contribution in [0.5, 0.6) is 11.6 Å². The Labute approximate surface area is 112 Å². The second kappa shape index (κ2) is 5.88. The second-order valence-corrected chi connectivity index (χ2v) is 4.47. The van der Waals surface area contributed by atoms with Crippen LogP contribution in [0.4, 0.5) is 4.39 Å². The van der Waals surface area contributed by atoms with Crippen LogP contribution in [0.25, 0.3) is 0 Å². The molecule has 0 atom stereocenters. The molecule has 0 fully saturated rings. The van der Waals surface area contributed by atoms with Crippen LogP contribution in [0.3, 0.4) is 0 Å². The lowest BCUT2D eigenvalue weighted by molar-refractivity contribution is 0.423. The summed E-state index contributed by atoms with van der Waals surface area (Å²) in [6.45, 7) is 0.575. The molecule has 0 saturated carbocycles. The average molecular weight is 312 g/mol. The summed E-state index contributed by atoms with van der Waals surface area (Å²) in [7, 11) is 1.81. The topological polar surface area (TPSA) is 47.0 Å². The molecule has 2 rings (SSSR count). The quantitative estimate of drug-likeness (QED) is 0.943. The van der Waals surface area contributed by atoms with E-state index in [-0.39, 0.29) is 11.6 Å². The second-order valence-electron chi connectivity index (χ2n) is 3.56. The van der Waals surface area contributed by atoms with E-state index < -0.39 is 5.82 Å². The maximum absolute atomic E-state index is 13.5. The number of ether oxygens (including phenoxy) is 1. The van der Waals surface area contributed by atoms with E-state index in [1.54, 1.807) is 18.3 Å². The minimum Gasteiger partial charge on any atom is -0.434 e. The minimum atomic E-state index is -0.445. The molecule has 0 unspecified atom stereocenters. The lowest BCUT2D eigenvalue weighted by Crippen LogP contribution is -2.07. The standard InChI is InChI=1S/C12H11BrFN3O/c1-15-5-9-6-16-7-12(17-9)18-11-4-8(13)2-3-10(11)14/h2-4,6-7,15H,5H2,1H3. The van der Waals surface area contributed by atoms with Gasteiger partial charge in [-0.15, -0.1) is 0 Å². The van der Waals surface area contributed by atoms with E-state index in [2.05, 4.69) is 31.2 Å². The number of hydrogen-bond donors (Lipinski definition) is 1. The number of nitrogens with zero attached hydrogens (tertiary/aromatic N) is 2. The monoisotopic (exact) mass is 311 g/mol. The Morgan fingerprint density at radius 3 is 3.00 bits per heavy atom. The Morgan fingerprint density at radius 1 is 1.39 bits per heavy atom. The Bertz CT molecular complexity index is 551. The molecule has 1 N–H and O–H groups in total. The van der Waals surface area contributed by atoms with Gasteiger partial charge in [0.1, 0.15) is 0 Å². The lowest BCUT2D eigenvalue weighted by Gasteiger charge is -2.07. The highest BCUT2D eigenvalue weighted by molar-refractivity contribution is 9.10. The number of halogens is 2. The number of nitrogens with one attached hydrogen (secondary N) is 1. The van der Waals surface area contributed by atoms with Gasteiger partial charge in [0, 0.05) is 17.2 Å². The van der Waals surface area contributed by atoms with Gasteiger partial charge in [-0.2, -0.15) is 0 Å². The molecule has 1 aromatic heterocycles. The first-order chi connectivity index (χ1) is 8.69. The minimum absolute atomic E-state index is 0.111. The molecule has 6 heteroatoms. The molecule has 4 nitrogen and oxygen atoms in total. The molecule has 0 saturated heterocycles. The average Bonchev–Trinajstić information content (AvgIpc) is 2.35. The molecule has 18 heavy (non-hydrogen) atoms.